The molecule has 2 rings (SSSR count). The molecule has 0 fully saturated rings. The summed E-state index contributed by atoms with van der Waals surface area (Å²) in [5.74, 6) is -1.77. The number of carbonyl (C=O) groups excluding carboxylic acids is 2. The lowest BCUT2D eigenvalue weighted by Crippen LogP contribution is -2.12. The van der Waals surface area contributed by atoms with Crippen molar-refractivity contribution < 1.29 is 24.5 Å². The van der Waals surface area contributed by atoms with Crippen molar-refractivity contribution in [3.63, 3.8) is 0 Å². The first-order valence-electron chi connectivity index (χ1n) is 6.28. The summed E-state index contributed by atoms with van der Waals surface area (Å²) < 4.78 is 4.80. The number of aromatic hydroxyl groups is 2. The van der Waals surface area contributed by atoms with Gasteiger partial charge in [-0.1, -0.05) is 0 Å². The number of hydrogen-bond donors (Lipinski definition) is 2. The summed E-state index contributed by atoms with van der Waals surface area (Å²) in [7, 11) is 0. The van der Waals surface area contributed by atoms with Crippen LogP contribution in [0.3, 0.4) is 0 Å². The molecule has 0 saturated carbocycles. The van der Waals surface area contributed by atoms with Crippen molar-refractivity contribution in [3.8, 4) is 11.5 Å². The third-order valence-electron chi connectivity index (χ3n) is 2.65. The fourth-order valence-corrected chi connectivity index (χ4v) is 2.21. The van der Waals surface area contributed by atoms with Crippen molar-refractivity contribution in [3.05, 3.63) is 45.9 Å². The molecular formula is C15H13NO5S. The van der Waals surface area contributed by atoms with Crippen LogP contribution >= 0.6 is 11.3 Å². The summed E-state index contributed by atoms with van der Waals surface area (Å²) in [6.07, 6.45) is 2.67. The van der Waals surface area contributed by atoms with E-state index in [1.54, 1.807) is 5.38 Å². The van der Waals surface area contributed by atoms with E-state index in [4.69, 9.17) is 9.84 Å². The molecular weight excluding hydrogens is 306 g/mol. The van der Waals surface area contributed by atoms with Crippen LogP contribution in [0.15, 0.2) is 29.7 Å². The van der Waals surface area contributed by atoms with Gasteiger partial charge in [-0.3, -0.25) is 4.79 Å². The predicted octanol–water partition coefficient (Wildman–Crippen LogP) is 2.30. The Bertz CT molecular complexity index is 735. The quantitative estimate of drug-likeness (QED) is 0.499. The highest BCUT2D eigenvalue weighted by Crippen LogP contribution is 2.22. The molecule has 114 valence electrons. The van der Waals surface area contributed by atoms with Crippen molar-refractivity contribution in [1.29, 1.82) is 0 Å². The Morgan fingerprint density at radius 1 is 1.36 bits per heavy atom. The van der Waals surface area contributed by atoms with Gasteiger partial charge in [-0.15, -0.1) is 11.3 Å². The number of nitrogens with zero attached hydrogens (tertiary/aromatic N) is 1. The number of thiazole rings is 1. The molecule has 0 aliphatic heterocycles. The highest BCUT2D eigenvalue weighted by Gasteiger charge is 2.13. The monoisotopic (exact) mass is 319 g/mol. The van der Waals surface area contributed by atoms with Crippen LogP contribution < -0.4 is 0 Å². The van der Waals surface area contributed by atoms with Crippen LogP contribution in [-0.4, -0.2) is 33.6 Å². The van der Waals surface area contributed by atoms with Gasteiger partial charge >= 0.3 is 5.97 Å². The van der Waals surface area contributed by atoms with Crippen LogP contribution in [0.25, 0.3) is 6.08 Å². The molecule has 0 aliphatic carbocycles. The van der Waals surface area contributed by atoms with Gasteiger partial charge in [0.1, 0.15) is 11.5 Å². The second-order valence-electron chi connectivity index (χ2n) is 4.36. The summed E-state index contributed by atoms with van der Waals surface area (Å²) in [6, 6.07) is 3.56. The average Bonchev–Trinajstić information content (AvgIpc) is 2.88. The average molecular weight is 319 g/mol. The van der Waals surface area contributed by atoms with Crippen LogP contribution in [0, 0.1) is 6.92 Å². The number of ether oxygens (including phenoxy) is 1. The minimum absolute atomic E-state index is 0.0234. The van der Waals surface area contributed by atoms with Crippen LogP contribution in [0.5, 0.6) is 11.5 Å². The Balaban J connectivity index is 1.90. The van der Waals surface area contributed by atoms with E-state index in [0.717, 1.165) is 11.1 Å². The zero-order valence-electron chi connectivity index (χ0n) is 11.6. The number of hydrogen-bond acceptors (Lipinski definition) is 7. The van der Waals surface area contributed by atoms with Crippen LogP contribution in [0.4, 0.5) is 0 Å². The van der Waals surface area contributed by atoms with Gasteiger partial charge in [0.25, 0.3) is 0 Å². The van der Waals surface area contributed by atoms with Gasteiger partial charge in [-0.2, -0.15) is 0 Å². The van der Waals surface area contributed by atoms with E-state index in [1.807, 2.05) is 6.92 Å². The molecule has 0 atom stereocenters. The fourth-order valence-electron chi connectivity index (χ4n) is 1.63. The minimum Gasteiger partial charge on any atom is -0.508 e. The van der Waals surface area contributed by atoms with E-state index in [1.165, 1.54) is 35.6 Å². The number of carbonyl (C=O) groups is 2. The number of phenols is 2. The number of aryl methyl sites for hydroxylation is 1. The standard InChI is InChI=1S/C15H13NO5S/c1-9-16-10(8-22-9)2-5-15(20)21-7-14(19)12-4-3-11(17)6-13(12)18/h2-6,8,17-18H,7H2,1H3/b5-2+. The Hall–Kier alpha value is -2.67. The first kappa shape index (κ1) is 15.7. The van der Waals surface area contributed by atoms with Gasteiger partial charge in [-0.25, -0.2) is 9.78 Å². The lowest BCUT2D eigenvalue weighted by molar-refractivity contribution is -0.136. The number of aromatic nitrogens is 1. The van der Waals surface area contributed by atoms with E-state index in [9.17, 15) is 14.7 Å². The second kappa shape index (κ2) is 6.86. The Kier molecular flexibility index (Phi) is 4.90. The topological polar surface area (TPSA) is 96.7 Å². The third kappa shape index (κ3) is 4.16. The van der Waals surface area contributed by atoms with Gasteiger partial charge in [0.2, 0.25) is 5.78 Å². The molecule has 0 aliphatic rings. The van der Waals surface area contributed by atoms with Crippen molar-refractivity contribution in [2.45, 2.75) is 6.92 Å². The molecule has 2 aromatic rings. The van der Waals surface area contributed by atoms with Crippen molar-refractivity contribution in [2.75, 3.05) is 6.61 Å². The van der Waals surface area contributed by atoms with E-state index in [0.29, 0.717) is 5.69 Å². The highest BCUT2D eigenvalue weighted by molar-refractivity contribution is 7.09. The van der Waals surface area contributed by atoms with Gasteiger partial charge in [0, 0.05) is 17.5 Å². The summed E-state index contributed by atoms with van der Waals surface area (Å²) >= 11 is 1.46. The van der Waals surface area contributed by atoms with E-state index >= 15 is 0 Å². The Labute approximate surface area is 130 Å². The molecule has 0 bridgehead atoms. The number of rotatable bonds is 5. The number of benzene rings is 1. The van der Waals surface area contributed by atoms with Crippen LogP contribution in [0.2, 0.25) is 0 Å². The normalized spacial score (nSPS) is 10.8. The van der Waals surface area contributed by atoms with Gasteiger partial charge < -0.3 is 14.9 Å². The van der Waals surface area contributed by atoms with Gasteiger partial charge in [0.15, 0.2) is 6.61 Å². The Morgan fingerprint density at radius 3 is 2.77 bits per heavy atom. The number of phenolic OH excluding ortho intramolecular Hbond substituents is 2. The summed E-state index contributed by atoms with van der Waals surface area (Å²) in [4.78, 5) is 27.5. The summed E-state index contributed by atoms with van der Waals surface area (Å²) in [6.45, 7) is 1.35. The van der Waals surface area contributed by atoms with E-state index < -0.39 is 18.4 Å². The molecule has 0 radical (unpaired) electrons. The molecule has 1 aromatic heterocycles. The summed E-state index contributed by atoms with van der Waals surface area (Å²) in [5, 5.41) is 21.4. The van der Waals surface area contributed by atoms with Gasteiger partial charge in [-0.05, 0) is 25.1 Å². The number of Topliss-reactive ketones (excluding diaryl/α,β-unsaturated/α-hetero) is 1. The minimum atomic E-state index is -0.683. The number of esters is 1. The smallest absolute Gasteiger partial charge is 0.331 e. The molecule has 0 unspecified atom stereocenters. The molecule has 0 saturated heterocycles. The second-order valence-corrected chi connectivity index (χ2v) is 5.42. The maximum Gasteiger partial charge on any atom is 0.331 e. The SMILES string of the molecule is Cc1nc(/C=C/C(=O)OCC(=O)c2ccc(O)cc2O)cs1. The van der Waals surface area contributed by atoms with E-state index in [-0.39, 0.29) is 17.1 Å². The molecule has 0 spiro atoms. The fraction of sp³-hybridized carbons (Fsp3) is 0.133. The first-order valence-corrected chi connectivity index (χ1v) is 7.16. The van der Waals surface area contributed by atoms with Crippen LogP contribution in [-0.2, 0) is 9.53 Å². The predicted molar refractivity (Wildman–Crippen MR) is 80.9 cm³/mol. The first-order chi connectivity index (χ1) is 10.5. The zero-order chi connectivity index (χ0) is 16.1. The third-order valence-corrected chi connectivity index (χ3v) is 3.45. The van der Waals surface area contributed by atoms with Crippen molar-refractivity contribution in [1.82, 2.24) is 4.98 Å². The van der Waals surface area contributed by atoms with Gasteiger partial charge in [0.05, 0.1) is 16.3 Å². The van der Waals surface area contributed by atoms with Crippen molar-refractivity contribution >= 4 is 29.2 Å². The van der Waals surface area contributed by atoms with E-state index in [2.05, 4.69) is 4.98 Å². The zero-order valence-corrected chi connectivity index (χ0v) is 12.5. The molecule has 22 heavy (non-hydrogen) atoms. The number of ketones is 1. The largest absolute Gasteiger partial charge is 0.508 e. The maximum atomic E-state index is 11.8. The molecule has 6 nitrogen and oxygen atoms in total. The Morgan fingerprint density at radius 2 is 2.14 bits per heavy atom. The molecule has 2 N–H and O–H groups in total. The molecule has 0 amide bonds. The maximum absolute atomic E-state index is 11.8. The lowest BCUT2D eigenvalue weighted by atomic mass is 10.1. The molecule has 1 heterocycles. The lowest BCUT2D eigenvalue weighted by Gasteiger charge is -2.04. The highest BCUT2D eigenvalue weighted by atomic mass is 32.1. The summed E-state index contributed by atoms with van der Waals surface area (Å²) in [5.41, 5.74) is 0.617. The van der Waals surface area contributed by atoms with Crippen LogP contribution in [0.1, 0.15) is 21.1 Å². The molecule has 7 heteroatoms. The van der Waals surface area contributed by atoms with Crippen molar-refractivity contribution in [2.24, 2.45) is 0 Å². The molecule has 1 aromatic carbocycles.